The summed E-state index contributed by atoms with van der Waals surface area (Å²) >= 11 is 0. The fourth-order valence-corrected chi connectivity index (χ4v) is 1.65. The van der Waals surface area contributed by atoms with Gasteiger partial charge in [0.2, 0.25) is 0 Å². The summed E-state index contributed by atoms with van der Waals surface area (Å²) in [5, 5.41) is 7.12. The van der Waals surface area contributed by atoms with Crippen molar-refractivity contribution in [1.29, 1.82) is 0 Å². The highest BCUT2D eigenvalue weighted by atomic mass is 19.4. The van der Waals surface area contributed by atoms with E-state index in [4.69, 9.17) is 20.4 Å². The number of Topliss-reactive ketones (excluding diaryl/α,β-unsaturated/α-hetero) is 1. The largest absolute Gasteiger partial charge is 0.490 e. The molecule has 6 nitrogen and oxygen atoms in total. The number of ether oxygens (including phenoxy) is 1. The second-order valence-corrected chi connectivity index (χ2v) is 5.65. The van der Waals surface area contributed by atoms with Crippen LogP contribution in [-0.4, -0.2) is 35.0 Å². The molecule has 0 fully saturated rings. The van der Waals surface area contributed by atoms with Crippen molar-refractivity contribution >= 4 is 17.7 Å². The lowest BCUT2D eigenvalue weighted by atomic mass is 9.99. The number of carboxylic acids is 1. The van der Waals surface area contributed by atoms with Gasteiger partial charge in [-0.25, -0.2) is 4.79 Å². The van der Waals surface area contributed by atoms with Crippen LogP contribution in [-0.2, 0) is 25.7 Å². The van der Waals surface area contributed by atoms with Crippen LogP contribution in [0, 0.1) is 5.92 Å². The van der Waals surface area contributed by atoms with Crippen LogP contribution in [0.2, 0.25) is 0 Å². The first kappa shape index (κ1) is 23.6. The Balaban J connectivity index is 0.000000758. The lowest BCUT2D eigenvalue weighted by Crippen LogP contribution is -2.34. The second kappa shape index (κ2) is 11.2. The molecule has 0 saturated carbocycles. The first-order chi connectivity index (χ1) is 11.9. The van der Waals surface area contributed by atoms with Crippen molar-refractivity contribution in [3.63, 3.8) is 0 Å². The van der Waals surface area contributed by atoms with Gasteiger partial charge in [0.05, 0.1) is 6.04 Å². The number of rotatable bonds is 7. The Kier molecular flexibility index (Phi) is 10.2. The molecule has 1 aromatic carbocycles. The van der Waals surface area contributed by atoms with Crippen molar-refractivity contribution in [2.24, 2.45) is 11.7 Å². The second-order valence-electron chi connectivity index (χ2n) is 5.65. The van der Waals surface area contributed by atoms with Crippen LogP contribution >= 0.6 is 0 Å². The Hall–Kier alpha value is -2.42. The summed E-state index contributed by atoms with van der Waals surface area (Å²) in [7, 11) is 0. The highest BCUT2D eigenvalue weighted by molar-refractivity contribution is 5.86. The quantitative estimate of drug-likeness (QED) is 0.708. The van der Waals surface area contributed by atoms with E-state index < -0.39 is 18.2 Å². The molecule has 0 unspecified atom stereocenters. The molecule has 0 heterocycles. The molecule has 26 heavy (non-hydrogen) atoms. The van der Waals surface area contributed by atoms with Gasteiger partial charge in [-0.2, -0.15) is 13.2 Å². The molecule has 0 aliphatic heterocycles. The average molecular weight is 377 g/mol. The zero-order valence-electron chi connectivity index (χ0n) is 14.5. The van der Waals surface area contributed by atoms with Gasteiger partial charge in [0, 0.05) is 12.3 Å². The first-order valence-electron chi connectivity index (χ1n) is 7.74. The van der Waals surface area contributed by atoms with Gasteiger partial charge < -0.3 is 15.6 Å². The molecule has 0 aromatic heterocycles. The van der Waals surface area contributed by atoms with E-state index in [0.29, 0.717) is 6.42 Å². The molecule has 0 saturated heterocycles. The van der Waals surface area contributed by atoms with Gasteiger partial charge in [-0.3, -0.25) is 9.59 Å². The molecule has 0 bridgehead atoms. The van der Waals surface area contributed by atoms with Crippen LogP contribution in [0.15, 0.2) is 30.3 Å². The first-order valence-corrected chi connectivity index (χ1v) is 7.74. The van der Waals surface area contributed by atoms with Crippen molar-refractivity contribution in [3.8, 4) is 0 Å². The molecule has 9 heteroatoms. The number of alkyl halides is 3. The van der Waals surface area contributed by atoms with Crippen LogP contribution in [0.5, 0.6) is 0 Å². The highest BCUT2D eigenvalue weighted by Crippen LogP contribution is 2.13. The van der Waals surface area contributed by atoms with Crippen molar-refractivity contribution in [2.75, 3.05) is 0 Å². The van der Waals surface area contributed by atoms with Gasteiger partial charge in [0.15, 0.2) is 5.78 Å². The zero-order valence-corrected chi connectivity index (χ0v) is 14.5. The van der Waals surface area contributed by atoms with Gasteiger partial charge in [0.1, 0.15) is 6.61 Å². The summed E-state index contributed by atoms with van der Waals surface area (Å²) < 4.78 is 36.8. The SMILES string of the molecule is CC(C)C(=O)[C@@H](N)CCC(=O)OCc1ccccc1.O=C(O)C(F)(F)F. The zero-order chi connectivity index (χ0) is 20.3. The van der Waals surface area contributed by atoms with Gasteiger partial charge >= 0.3 is 18.1 Å². The number of esters is 1. The summed E-state index contributed by atoms with van der Waals surface area (Å²) in [5.74, 6) is -3.20. The number of aliphatic carboxylic acids is 1. The smallest absolute Gasteiger partial charge is 0.475 e. The van der Waals surface area contributed by atoms with Crippen molar-refractivity contribution < 1.29 is 37.4 Å². The third kappa shape index (κ3) is 10.4. The molecule has 0 spiro atoms. The Morgan fingerprint density at radius 2 is 1.65 bits per heavy atom. The lowest BCUT2D eigenvalue weighted by molar-refractivity contribution is -0.192. The Labute approximate surface area is 149 Å². The Bertz CT molecular complexity index is 588. The molecule has 146 valence electrons. The standard InChI is InChI=1S/C15H21NO3.C2HF3O2/c1-11(2)15(18)13(16)8-9-14(17)19-10-12-6-4-3-5-7-12;3-2(4,5)1(6)7/h3-7,11,13H,8-10,16H2,1-2H3;(H,6,7)/t13-;/m0./s1. The molecule has 3 N–H and O–H groups in total. The number of carbonyl (C=O) groups is 3. The summed E-state index contributed by atoms with van der Waals surface area (Å²) in [4.78, 5) is 32.0. The van der Waals surface area contributed by atoms with Crippen LogP contribution in [0.1, 0.15) is 32.3 Å². The predicted octanol–water partition coefficient (Wildman–Crippen LogP) is 2.70. The molecular formula is C17H22F3NO5. The predicted molar refractivity (Wildman–Crippen MR) is 87.0 cm³/mol. The number of hydrogen-bond acceptors (Lipinski definition) is 5. The molecule has 0 aliphatic rings. The van der Waals surface area contributed by atoms with Crippen molar-refractivity contribution in [1.82, 2.24) is 0 Å². The molecular weight excluding hydrogens is 355 g/mol. The molecule has 1 rings (SSSR count). The molecule has 0 radical (unpaired) electrons. The van der Waals surface area contributed by atoms with Crippen molar-refractivity contribution in [3.05, 3.63) is 35.9 Å². The van der Waals surface area contributed by atoms with E-state index in [-0.39, 0.29) is 30.7 Å². The summed E-state index contributed by atoms with van der Waals surface area (Å²) in [6.45, 7) is 3.86. The van der Waals surface area contributed by atoms with E-state index in [2.05, 4.69) is 0 Å². The highest BCUT2D eigenvalue weighted by Gasteiger charge is 2.38. The van der Waals surface area contributed by atoms with E-state index in [1.165, 1.54) is 0 Å². The van der Waals surface area contributed by atoms with Crippen molar-refractivity contribution in [2.45, 2.75) is 45.5 Å². The van der Waals surface area contributed by atoms with E-state index in [1.807, 2.05) is 30.3 Å². The normalized spacial score (nSPS) is 12.0. The fraction of sp³-hybridized carbons (Fsp3) is 0.471. The van der Waals surface area contributed by atoms with E-state index in [0.717, 1.165) is 5.56 Å². The van der Waals surface area contributed by atoms with Crippen LogP contribution in [0.4, 0.5) is 13.2 Å². The Morgan fingerprint density at radius 3 is 2.08 bits per heavy atom. The average Bonchev–Trinajstić information content (AvgIpc) is 2.57. The minimum atomic E-state index is -5.08. The minimum absolute atomic E-state index is 0.0177. The number of halogens is 3. The van der Waals surface area contributed by atoms with E-state index in [9.17, 15) is 22.8 Å². The number of benzene rings is 1. The van der Waals surface area contributed by atoms with E-state index >= 15 is 0 Å². The maximum atomic E-state index is 11.6. The third-order valence-electron chi connectivity index (χ3n) is 3.08. The monoisotopic (exact) mass is 377 g/mol. The van der Waals surface area contributed by atoms with Gasteiger partial charge in [-0.15, -0.1) is 0 Å². The van der Waals surface area contributed by atoms with Gasteiger partial charge in [0.25, 0.3) is 0 Å². The summed E-state index contributed by atoms with van der Waals surface area (Å²) in [6, 6.07) is 8.88. The number of carboxylic acid groups (broad SMARTS) is 1. The fourth-order valence-electron chi connectivity index (χ4n) is 1.65. The maximum absolute atomic E-state index is 11.6. The molecule has 0 amide bonds. The van der Waals surface area contributed by atoms with Crippen LogP contribution in [0.3, 0.4) is 0 Å². The summed E-state index contributed by atoms with van der Waals surface area (Å²) in [6.07, 6.45) is -4.57. The van der Waals surface area contributed by atoms with Gasteiger partial charge in [-0.05, 0) is 12.0 Å². The molecule has 1 aromatic rings. The summed E-state index contributed by atoms with van der Waals surface area (Å²) in [5.41, 5.74) is 6.66. The minimum Gasteiger partial charge on any atom is -0.475 e. The molecule has 1 atom stereocenters. The lowest BCUT2D eigenvalue weighted by Gasteiger charge is -2.12. The number of hydrogen-bond donors (Lipinski definition) is 2. The van der Waals surface area contributed by atoms with Crippen LogP contribution in [0.25, 0.3) is 0 Å². The number of nitrogens with two attached hydrogens (primary N) is 1. The van der Waals surface area contributed by atoms with Crippen LogP contribution < -0.4 is 5.73 Å². The number of carbonyl (C=O) groups excluding carboxylic acids is 2. The third-order valence-corrected chi connectivity index (χ3v) is 3.08. The van der Waals surface area contributed by atoms with E-state index in [1.54, 1.807) is 13.8 Å². The maximum Gasteiger partial charge on any atom is 0.490 e. The van der Waals surface area contributed by atoms with Gasteiger partial charge in [-0.1, -0.05) is 44.2 Å². The molecule has 0 aliphatic carbocycles. The topological polar surface area (TPSA) is 107 Å². The Morgan fingerprint density at radius 1 is 1.15 bits per heavy atom. The number of ketones is 1.